The van der Waals surface area contributed by atoms with Crippen molar-refractivity contribution in [3.63, 3.8) is 0 Å². The molecule has 0 saturated carbocycles. The zero-order valence-corrected chi connectivity index (χ0v) is 16.8. The number of nitrogen functional groups attached to an aromatic ring is 1. The lowest BCUT2D eigenvalue weighted by Crippen LogP contribution is -2.28. The number of ether oxygens (including phenoxy) is 4. The van der Waals surface area contributed by atoms with Gasteiger partial charge in [0.15, 0.2) is 18.2 Å². The van der Waals surface area contributed by atoms with Crippen molar-refractivity contribution in [2.75, 3.05) is 44.0 Å². The molecule has 0 radical (unpaired) electrons. The summed E-state index contributed by atoms with van der Waals surface area (Å²) in [4.78, 5) is 24.1. The third kappa shape index (κ3) is 5.52. The van der Waals surface area contributed by atoms with E-state index in [0.29, 0.717) is 62.2 Å². The van der Waals surface area contributed by atoms with Gasteiger partial charge in [0, 0.05) is 12.4 Å². The van der Waals surface area contributed by atoms with Crippen LogP contribution in [0.3, 0.4) is 0 Å². The number of fused-ring (bicyclic) bond motifs is 1. The molecular weight excluding hydrogens is 404 g/mol. The number of aromatic nitrogens is 4. The summed E-state index contributed by atoms with van der Waals surface area (Å²) < 4.78 is 22.7. The van der Waals surface area contributed by atoms with Crippen molar-refractivity contribution < 1.29 is 18.9 Å². The number of nitrogens with one attached hydrogen (secondary N) is 1. The normalized spacial score (nSPS) is 16.9. The molecule has 2 aliphatic rings. The molecule has 3 N–H and O–H groups in total. The first kappa shape index (κ1) is 21.1. The second-order valence-corrected chi connectivity index (χ2v) is 6.72. The van der Waals surface area contributed by atoms with Crippen molar-refractivity contribution in [3.8, 4) is 0 Å². The first-order valence-corrected chi connectivity index (χ1v) is 9.92. The van der Waals surface area contributed by atoms with Crippen LogP contribution in [0.25, 0.3) is 11.2 Å². The van der Waals surface area contributed by atoms with E-state index in [2.05, 4.69) is 20.3 Å². The van der Waals surface area contributed by atoms with Gasteiger partial charge in [-0.15, -0.1) is 0 Å². The van der Waals surface area contributed by atoms with Gasteiger partial charge in [0.25, 0.3) is 5.56 Å². The highest BCUT2D eigenvalue weighted by Gasteiger charge is 2.18. The van der Waals surface area contributed by atoms with Crippen molar-refractivity contribution in [2.45, 2.75) is 19.1 Å². The average Bonchev–Trinajstić information content (AvgIpc) is 3.50. The molecule has 2 fully saturated rings. The summed E-state index contributed by atoms with van der Waals surface area (Å²) in [6.45, 7) is 3.36. The molecule has 0 unspecified atom stereocenters. The second-order valence-electron chi connectivity index (χ2n) is 6.72. The van der Waals surface area contributed by atoms with Crippen molar-refractivity contribution in [1.82, 2.24) is 19.5 Å². The summed E-state index contributed by atoms with van der Waals surface area (Å²) in [5.41, 5.74) is 7.37. The highest BCUT2D eigenvalue weighted by molar-refractivity contribution is 5.69. The van der Waals surface area contributed by atoms with Gasteiger partial charge in [-0.2, -0.15) is 0 Å². The van der Waals surface area contributed by atoms with E-state index in [0.717, 1.165) is 0 Å². The minimum absolute atomic E-state index is 0.184. The largest absolute Gasteiger partial charge is 0.396 e. The van der Waals surface area contributed by atoms with E-state index < -0.39 is 0 Å². The Labute approximate surface area is 178 Å². The number of rotatable bonds is 5. The van der Waals surface area contributed by atoms with Crippen LogP contribution in [-0.4, -0.2) is 65.1 Å². The Morgan fingerprint density at radius 3 is 2.39 bits per heavy atom. The topological polar surface area (TPSA) is 136 Å². The summed E-state index contributed by atoms with van der Waals surface area (Å²) in [5.74, 6) is 0.673. The van der Waals surface area contributed by atoms with E-state index in [1.54, 1.807) is 30.6 Å². The van der Waals surface area contributed by atoms with Crippen LogP contribution in [0.2, 0.25) is 0 Å². The molecule has 11 nitrogen and oxygen atoms in total. The molecule has 11 heteroatoms. The van der Waals surface area contributed by atoms with Crippen LogP contribution in [0.5, 0.6) is 0 Å². The average molecular weight is 428 g/mol. The Bertz CT molecular complexity index is 1050. The van der Waals surface area contributed by atoms with Gasteiger partial charge in [0.1, 0.15) is 11.3 Å². The molecule has 0 atom stereocenters. The number of nitrogens with zero attached hydrogens (tertiary/aromatic N) is 4. The van der Waals surface area contributed by atoms with E-state index in [9.17, 15) is 4.79 Å². The SMILES string of the molecule is Nc1cccnc1NCC1OCCO1.O=c1cnc2cccnc2n1CC1OCCO1. The predicted molar refractivity (Wildman–Crippen MR) is 112 cm³/mol. The molecule has 2 aliphatic heterocycles. The predicted octanol–water partition coefficient (Wildman–Crippen LogP) is 0.613. The van der Waals surface area contributed by atoms with E-state index in [-0.39, 0.29) is 18.1 Å². The number of hydrogen-bond acceptors (Lipinski definition) is 10. The molecule has 0 spiro atoms. The fourth-order valence-corrected chi connectivity index (χ4v) is 3.10. The summed E-state index contributed by atoms with van der Waals surface area (Å²) >= 11 is 0. The number of anilines is 2. The highest BCUT2D eigenvalue weighted by Crippen LogP contribution is 2.14. The standard InChI is InChI=1S/C11H11N3O3.C9H13N3O2/c15-9-6-13-8-2-1-3-12-11(8)14(9)7-10-16-4-5-17-10;10-7-2-1-3-11-9(7)12-6-8-13-4-5-14-8/h1-3,6,10H,4-5,7H2;1-3,8H,4-6,10H2,(H,11,12). The molecule has 3 aromatic rings. The Morgan fingerprint density at radius 2 is 1.65 bits per heavy atom. The molecule has 2 saturated heterocycles. The van der Waals surface area contributed by atoms with E-state index in [1.165, 1.54) is 10.8 Å². The first-order valence-electron chi connectivity index (χ1n) is 9.92. The van der Waals surface area contributed by atoms with Gasteiger partial charge >= 0.3 is 0 Å². The fourth-order valence-electron chi connectivity index (χ4n) is 3.10. The van der Waals surface area contributed by atoms with Crippen LogP contribution in [0.4, 0.5) is 11.5 Å². The van der Waals surface area contributed by atoms with Gasteiger partial charge in [0.2, 0.25) is 0 Å². The van der Waals surface area contributed by atoms with Crippen molar-refractivity contribution in [3.05, 3.63) is 53.2 Å². The molecule has 0 aliphatic carbocycles. The Balaban J connectivity index is 0.000000152. The Kier molecular flexibility index (Phi) is 6.99. The highest BCUT2D eigenvalue weighted by atomic mass is 16.7. The molecule has 0 amide bonds. The molecule has 5 rings (SSSR count). The van der Waals surface area contributed by atoms with Gasteiger partial charge < -0.3 is 30.0 Å². The zero-order valence-electron chi connectivity index (χ0n) is 16.8. The second kappa shape index (κ2) is 10.3. The lowest BCUT2D eigenvalue weighted by Gasteiger charge is -2.12. The van der Waals surface area contributed by atoms with Gasteiger partial charge in [-0.3, -0.25) is 9.36 Å². The monoisotopic (exact) mass is 428 g/mol. The quantitative estimate of drug-likeness (QED) is 0.595. The zero-order chi connectivity index (χ0) is 21.5. The van der Waals surface area contributed by atoms with Gasteiger partial charge in [-0.25, -0.2) is 15.0 Å². The van der Waals surface area contributed by atoms with Gasteiger partial charge in [-0.1, -0.05) is 0 Å². The van der Waals surface area contributed by atoms with Gasteiger partial charge in [0.05, 0.1) is 51.4 Å². The van der Waals surface area contributed by atoms with E-state index >= 15 is 0 Å². The number of nitrogens with two attached hydrogens (primary N) is 1. The Morgan fingerprint density at radius 1 is 0.968 bits per heavy atom. The molecule has 31 heavy (non-hydrogen) atoms. The van der Waals surface area contributed by atoms with Crippen LogP contribution >= 0.6 is 0 Å². The smallest absolute Gasteiger partial charge is 0.270 e. The van der Waals surface area contributed by atoms with Crippen LogP contribution in [0.15, 0.2) is 47.7 Å². The fraction of sp³-hybridized carbons (Fsp3) is 0.400. The maximum absolute atomic E-state index is 11.8. The molecular formula is C20H24N6O5. The number of hydrogen-bond donors (Lipinski definition) is 2. The molecule has 0 aromatic carbocycles. The lowest BCUT2D eigenvalue weighted by molar-refractivity contribution is -0.0524. The minimum Gasteiger partial charge on any atom is -0.396 e. The molecule has 0 bridgehead atoms. The van der Waals surface area contributed by atoms with E-state index in [1.807, 2.05) is 6.07 Å². The minimum atomic E-state index is -0.375. The third-order valence-electron chi connectivity index (χ3n) is 4.59. The van der Waals surface area contributed by atoms with Crippen molar-refractivity contribution in [1.29, 1.82) is 0 Å². The number of pyridine rings is 2. The first-order chi connectivity index (χ1) is 15.2. The Hall–Kier alpha value is -3.12. The maximum atomic E-state index is 11.8. The van der Waals surface area contributed by atoms with E-state index in [4.69, 9.17) is 24.7 Å². The van der Waals surface area contributed by atoms with Crippen molar-refractivity contribution in [2.24, 2.45) is 0 Å². The lowest BCUT2D eigenvalue weighted by atomic mass is 10.4. The summed E-state index contributed by atoms with van der Waals surface area (Å²) in [7, 11) is 0. The summed E-state index contributed by atoms with van der Waals surface area (Å²) in [6, 6.07) is 7.19. The van der Waals surface area contributed by atoms with Crippen LogP contribution in [-0.2, 0) is 25.5 Å². The molecule has 5 heterocycles. The van der Waals surface area contributed by atoms with Crippen LogP contribution in [0, 0.1) is 0 Å². The van der Waals surface area contributed by atoms with Crippen LogP contribution < -0.4 is 16.6 Å². The summed E-state index contributed by atoms with van der Waals surface area (Å²) in [6.07, 6.45) is 4.06. The third-order valence-corrected chi connectivity index (χ3v) is 4.59. The maximum Gasteiger partial charge on any atom is 0.270 e. The summed E-state index contributed by atoms with van der Waals surface area (Å²) in [5, 5.41) is 3.07. The molecule has 164 valence electrons. The van der Waals surface area contributed by atoms with Crippen LogP contribution in [0.1, 0.15) is 0 Å². The van der Waals surface area contributed by atoms with Gasteiger partial charge in [-0.05, 0) is 24.3 Å². The molecule has 3 aromatic heterocycles. The van der Waals surface area contributed by atoms with Crippen molar-refractivity contribution >= 4 is 22.7 Å².